The lowest BCUT2D eigenvalue weighted by molar-refractivity contribution is 0.122. The van der Waals surface area contributed by atoms with E-state index in [1.807, 2.05) is 18.2 Å². The summed E-state index contributed by atoms with van der Waals surface area (Å²) in [6.07, 6.45) is 4.93. The lowest BCUT2D eigenvalue weighted by Crippen LogP contribution is -2.37. The number of morpholine rings is 1. The fraction of sp³-hybridized carbons (Fsp3) is 0.267. The predicted molar refractivity (Wildman–Crippen MR) is 85.7 cm³/mol. The first-order valence-corrected chi connectivity index (χ1v) is 7.39. The van der Waals surface area contributed by atoms with Gasteiger partial charge in [0.2, 0.25) is 5.95 Å². The molecular weight excluding hydrogens is 294 g/mol. The molecule has 0 aromatic carbocycles. The first-order valence-electron chi connectivity index (χ1n) is 7.39. The average molecular weight is 309 g/mol. The molecule has 4 heterocycles. The highest BCUT2D eigenvalue weighted by Crippen LogP contribution is 2.22. The predicted octanol–water partition coefficient (Wildman–Crippen LogP) is 1.40. The summed E-state index contributed by atoms with van der Waals surface area (Å²) in [5.41, 5.74) is 1.37. The van der Waals surface area contributed by atoms with Crippen molar-refractivity contribution in [1.82, 2.24) is 24.9 Å². The minimum atomic E-state index is 0.616. The quantitative estimate of drug-likeness (QED) is 0.776. The van der Waals surface area contributed by atoms with Crippen LogP contribution in [0.25, 0.3) is 11.0 Å². The number of nitrogens with zero attached hydrogens (tertiary/aromatic N) is 6. The molecule has 116 valence electrons. The molecule has 1 aliphatic rings. The number of anilines is 3. The van der Waals surface area contributed by atoms with Crippen molar-refractivity contribution < 1.29 is 4.74 Å². The second-order valence-corrected chi connectivity index (χ2v) is 5.07. The van der Waals surface area contributed by atoms with Crippen molar-refractivity contribution >= 4 is 28.6 Å². The molecule has 1 saturated heterocycles. The fourth-order valence-electron chi connectivity index (χ4n) is 2.41. The summed E-state index contributed by atoms with van der Waals surface area (Å²) in [7, 11) is 0. The standard InChI is InChI=1S/C15H15N7O/c1-2-4-16-12(3-1)20-14-13-11(18-10-19-14)9-17-15(21-13)22-5-7-23-8-6-22/h1-4,9-10H,5-8H2,(H,16,18,19,20). The summed E-state index contributed by atoms with van der Waals surface area (Å²) in [6.45, 7) is 2.93. The Morgan fingerprint density at radius 3 is 2.78 bits per heavy atom. The third-order valence-electron chi connectivity index (χ3n) is 3.57. The van der Waals surface area contributed by atoms with E-state index in [9.17, 15) is 0 Å². The van der Waals surface area contributed by atoms with E-state index in [4.69, 9.17) is 4.74 Å². The summed E-state index contributed by atoms with van der Waals surface area (Å²) < 4.78 is 5.37. The van der Waals surface area contributed by atoms with E-state index in [1.165, 1.54) is 6.33 Å². The number of nitrogens with one attached hydrogen (secondary N) is 1. The molecule has 4 rings (SSSR count). The Morgan fingerprint density at radius 1 is 1.04 bits per heavy atom. The molecule has 23 heavy (non-hydrogen) atoms. The van der Waals surface area contributed by atoms with Crippen molar-refractivity contribution in [3.8, 4) is 0 Å². The van der Waals surface area contributed by atoms with E-state index in [0.29, 0.717) is 41.8 Å². The van der Waals surface area contributed by atoms with Gasteiger partial charge in [0.05, 0.1) is 19.4 Å². The third kappa shape index (κ3) is 2.88. The summed E-state index contributed by atoms with van der Waals surface area (Å²) in [6, 6.07) is 5.65. The number of fused-ring (bicyclic) bond motifs is 1. The Hall–Kier alpha value is -2.87. The Balaban J connectivity index is 1.72. The van der Waals surface area contributed by atoms with Crippen LogP contribution in [0.3, 0.4) is 0 Å². The summed E-state index contributed by atoms with van der Waals surface area (Å²) in [4.78, 5) is 23.9. The van der Waals surface area contributed by atoms with Crippen molar-refractivity contribution in [2.75, 3.05) is 36.5 Å². The van der Waals surface area contributed by atoms with Crippen LogP contribution >= 0.6 is 0 Å². The molecule has 0 atom stereocenters. The second kappa shape index (κ2) is 6.09. The van der Waals surface area contributed by atoms with Crippen molar-refractivity contribution in [3.05, 3.63) is 36.9 Å². The largest absolute Gasteiger partial charge is 0.378 e. The molecule has 0 spiro atoms. The zero-order valence-electron chi connectivity index (χ0n) is 12.4. The van der Waals surface area contributed by atoms with E-state index in [2.05, 4.69) is 35.1 Å². The molecule has 0 saturated carbocycles. The van der Waals surface area contributed by atoms with Crippen molar-refractivity contribution in [2.45, 2.75) is 0 Å². The number of aromatic nitrogens is 5. The number of rotatable bonds is 3. The zero-order chi connectivity index (χ0) is 15.5. The fourth-order valence-corrected chi connectivity index (χ4v) is 2.41. The van der Waals surface area contributed by atoms with E-state index in [0.717, 1.165) is 13.1 Å². The van der Waals surface area contributed by atoms with E-state index >= 15 is 0 Å². The highest BCUT2D eigenvalue weighted by molar-refractivity contribution is 5.86. The zero-order valence-corrected chi connectivity index (χ0v) is 12.4. The highest BCUT2D eigenvalue weighted by atomic mass is 16.5. The van der Waals surface area contributed by atoms with Gasteiger partial charge in [-0.3, -0.25) is 0 Å². The lowest BCUT2D eigenvalue weighted by atomic mass is 10.4. The normalized spacial score (nSPS) is 14.9. The highest BCUT2D eigenvalue weighted by Gasteiger charge is 2.16. The van der Waals surface area contributed by atoms with Gasteiger partial charge in [-0.25, -0.2) is 24.9 Å². The molecule has 8 heteroatoms. The number of ether oxygens (including phenoxy) is 1. The van der Waals surface area contributed by atoms with Crippen LogP contribution in [-0.4, -0.2) is 51.2 Å². The minimum Gasteiger partial charge on any atom is -0.378 e. The third-order valence-corrected chi connectivity index (χ3v) is 3.57. The van der Waals surface area contributed by atoms with Gasteiger partial charge in [0.1, 0.15) is 23.2 Å². The van der Waals surface area contributed by atoms with Gasteiger partial charge in [0.15, 0.2) is 5.82 Å². The van der Waals surface area contributed by atoms with Gasteiger partial charge in [0.25, 0.3) is 0 Å². The molecule has 0 unspecified atom stereocenters. The van der Waals surface area contributed by atoms with Gasteiger partial charge < -0.3 is 15.0 Å². The van der Waals surface area contributed by atoms with Gasteiger partial charge in [-0.1, -0.05) is 6.07 Å². The van der Waals surface area contributed by atoms with Crippen molar-refractivity contribution in [2.24, 2.45) is 0 Å². The maximum atomic E-state index is 5.37. The second-order valence-electron chi connectivity index (χ2n) is 5.07. The first-order chi connectivity index (χ1) is 11.4. The van der Waals surface area contributed by atoms with Gasteiger partial charge in [-0.2, -0.15) is 0 Å². The van der Waals surface area contributed by atoms with Crippen LogP contribution < -0.4 is 10.2 Å². The number of hydrogen-bond acceptors (Lipinski definition) is 8. The Morgan fingerprint density at radius 2 is 1.96 bits per heavy atom. The molecule has 0 amide bonds. The monoisotopic (exact) mass is 309 g/mol. The number of pyridine rings is 1. The molecule has 0 bridgehead atoms. The Bertz CT molecular complexity index is 805. The maximum absolute atomic E-state index is 5.37. The summed E-state index contributed by atoms with van der Waals surface area (Å²) >= 11 is 0. The molecule has 1 aliphatic heterocycles. The summed E-state index contributed by atoms with van der Waals surface area (Å²) in [5, 5.41) is 3.18. The molecule has 3 aromatic rings. The van der Waals surface area contributed by atoms with Gasteiger partial charge >= 0.3 is 0 Å². The van der Waals surface area contributed by atoms with Crippen LogP contribution in [0.15, 0.2) is 36.9 Å². The molecule has 0 radical (unpaired) electrons. The molecule has 1 fully saturated rings. The Labute approximate surface area is 132 Å². The first kappa shape index (κ1) is 13.8. The van der Waals surface area contributed by atoms with Gasteiger partial charge in [-0.15, -0.1) is 0 Å². The van der Waals surface area contributed by atoms with Crippen molar-refractivity contribution in [1.29, 1.82) is 0 Å². The minimum absolute atomic E-state index is 0.616. The summed E-state index contributed by atoms with van der Waals surface area (Å²) in [5.74, 6) is 1.99. The van der Waals surface area contributed by atoms with Crippen LogP contribution in [0, 0.1) is 0 Å². The van der Waals surface area contributed by atoms with Crippen LogP contribution in [0.5, 0.6) is 0 Å². The maximum Gasteiger partial charge on any atom is 0.226 e. The SMILES string of the molecule is c1ccc(Nc2ncnc3cnc(N4CCOCC4)nc23)nc1. The van der Waals surface area contributed by atoms with Crippen LogP contribution in [0.1, 0.15) is 0 Å². The van der Waals surface area contributed by atoms with Crippen LogP contribution in [0.4, 0.5) is 17.6 Å². The van der Waals surface area contributed by atoms with E-state index in [1.54, 1.807) is 12.4 Å². The van der Waals surface area contributed by atoms with Gasteiger partial charge in [-0.05, 0) is 12.1 Å². The van der Waals surface area contributed by atoms with Crippen LogP contribution in [0.2, 0.25) is 0 Å². The molecule has 3 aromatic heterocycles. The number of hydrogen-bond donors (Lipinski definition) is 1. The molecular formula is C15H15N7O. The molecule has 8 nitrogen and oxygen atoms in total. The lowest BCUT2D eigenvalue weighted by Gasteiger charge is -2.26. The average Bonchev–Trinajstić information content (AvgIpc) is 2.63. The topological polar surface area (TPSA) is 89.0 Å². The van der Waals surface area contributed by atoms with Crippen molar-refractivity contribution in [3.63, 3.8) is 0 Å². The van der Waals surface area contributed by atoms with Gasteiger partial charge in [0, 0.05) is 19.3 Å². The molecule has 1 N–H and O–H groups in total. The molecule has 0 aliphatic carbocycles. The van der Waals surface area contributed by atoms with E-state index < -0.39 is 0 Å². The Kier molecular flexibility index (Phi) is 3.65. The van der Waals surface area contributed by atoms with E-state index in [-0.39, 0.29) is 0 Å². The smallest absolute Gasteiger partial charge is 0.226 e. The van der Waals surface area contributed by atoms with Crippen LogP contribution in [-0.2, 0) is 4.74 Å².